The van der Waals surface area contributed by atoms with Gasteiger partial charge in [-0.15, -0.1) is 0 Å². The van der Waals surface area contributed by atoms with Gasteiger partial charge in [0.05, 0.1) is 18.7 Å². The highest BCUT2D eigenvalue weighted by Gasteiger charge is 2.64. The molecule has 2 unspecified atom stereocenters. The fourth-order valence-corrected chi connectivity index (χ4v) is 5.65. The number of aliphatic hydroxyl groups is 1. The van der Waals surface area contributed by atoms with Crippen LogP contribution in [0.1, 0.15) is 44.1 Å². The molecule has 4 heterocycles. The Labute approximate surface area is 165 Å². The van der Waals surface area contributed by atoms with E-state index in [1.807, 2.05) is 17.0 Å². The summed E-state index contributed by atoms with van der Waals surface area (Å²) in [6.45, 7) is 2.03. The van der Waals surface area contributed by atoms with Crippen molar-refractivity contribution in [2.75, 3.05) is 19.6 Å². The van der Waals surface area contributed by atoms with Crippen molar-refractivity contribution in [2.24, 2.45) is 0 Å². The molecule has 5 rings (SSSR count). The lowest BCUT2D eigenvalue weighted by molar-refractivity contribution is -0.183. The van der Waals surface area contributed by atoms with Gasteiger partial charge < -0.3 is 5.11 Å². The first-order valence-corrected chi connectivity index (χ1v) is 10.5. The molecular weight excluding hydrogens is 356 g/mol. The normalized spacial score (nSPS) is 31.2. The van der Waals surface area contributed by atoms with Gasteiger partial charge in [0.15, 0.2) is 0 Å². The van der Waals surface area contributed by atoms with Crippen LogP contribution in [0.2, 0.25) is 0 Å². The highest BCUT2D eigenvalue weighted by molar-refractivity contribution is 6.06. The van der Waals surface area contributed by atoms with Crippen LogP contribution in [-0.4, -0.2) is 80.0 Å². The molecule has 7 nitrogen and oxygen atoms in total. The van der Waals surface area contributed by atoms with E-state index in [9.17, 15) is 14.7 Å². The number of carbonyl (C=O) groups is 2. The molecule has 1 aromatic heterocycles. The number of aliphatic hydroxyl groups excluding tert-OH is 1. The van der Waals surface area contributed by atoms with Crippen LogP contribution in [0.3, 0.4) is 0 Å². The van der Waals surface area contributed by atoms with Gasteiger partial charge >= 0.3 is 0 Å². The Bertz CT molecular complexity index is 758. The fraction of sp³-hybridized carbons (Fsp3) is 0.667. The second-order valence-corrected chi connectivity index (χ2v) is 8.88. The quantitative estimate of drug-likeness (QED) is 0.776. The summed E-state index contributed by atoms with van der Waals surface area (Å²) < 4.78 is 0. The maximum atomic E-state index is 13.6. The number of rotatable bonds is 3. The van der Waals surface area contributed by atoms with Gasteiger partial charge in [-0.1, -0.05) is 25.3 Å². The number of fused-ring (bicyclic) bond motifs is 2. The molecule has 1 aliphatic carbocycles. The lowest BCUT2D eigenvalue weighted by Crippen LogP contribution is -2.82. The van der Waals surface area contributed by atoms with Crippen LogP contribution in [0.15, 0.2) is 24.5 Å². The highest BCUT2D eigenvalue weighted by atomic mass is 16.3. The number of pyridine rings is 1. The Morgan fingerprint density at radius 1 is 1.18 bits per heavy atom. The smallest absolute Gasteiger partial charge is 0.252 e. The molecule has 3 aliphatic heterocycles. The van der Waals surface area contributed by atoms with Crippen molar-refractivity contribution in [2.45, 2.75) is 68.8 Å². The number of hydrogen-bond acceptors (Lipinski definition) is 6. The van der Waals surface area contributed by atoms with Gasteiger partial charge in [-0.05, 0) is 30.9 Å². The number of aromatic nitrogens is 1. The summed E-state index contributed by atoms with van der Waals surface area (Å²) in [5, 5.41) is 10.3. The zero-order valence-corrected chi connectivity index (χ0v) is 16.2. The van der Waals surface area contributed by atoms with E-state index in [1.54, 1.807) is 12.4 Å². The Kier molecular flexibility index (Phi) is 4.49. The Morgan fingerprint density at radius 3 is 2.68 bits per heavy atom. The molecular formula is C21H28N4O3. The molecule has 0 aromatic carbocycles. The van der Waals surface area contributed by atoms with E-state index in [4.69, 9.17) is 0 Å². The van der Waals surface area contributed by atoms with Crippen LogP contribution in [-0.2, 0) is 16.1 Å². The number of piperazine rings is 1. The van der Waals surface area contributed by atoms with Gasteiger partial charge in [0, 0.05) is 38.1 Å². The molecule has 7 heteroatoms. The molecule has 1 N–H and O–H groups in total. The minimum absolute atomic E-state index is 0.0984. The second kappa shape index (κ2) is 6.90. The third-order valence-electron chi connectivity index (χ3n) is 7.11. The van der Waals surface area contributed by atoms with E-state index >= 15 is 0 Å². The summed E-state index contributed by atoms with van der Waals surface area (Å²) in [7, 11) is 0. The fourth-order valence-electron chi connectivity index (χ4n) is 5.65. The number of carbonyl (C=O) groups excluding carboxylic acids is 2. The average Bonchev–Trinajstić information content (AvgIpc) is 3.08. The number of hydrogen-bond donors (Lipinski definition) is 1. The maximum Gasteiger partial charge on any atom is 0.252 e. The Hall–Kier alpha value is -1.83. The molecule has 4 fully saturated rings. The first kappa shape index (κ1) is 18.2. The van der Waals surface area contributed by atoms with E-state index in [0.29, 0.717) is 32.1 Å². The first-order valence-electron chi connectivity index (χ1n) is 10.5. The number of likely N-dealkylation sites (tertiary alicyclic amines) is 1. The van der Waals surface area contributed by atoms with Crippen LogP contribution in [0, 0.1) is 0 Å². The van der Waals surface area contributed by atoms with Crippen molar-refractivity contribution in [3.05, 3.63) is 30.1 Å². The maximum absolute atomic E-state index is 13.6. The summed E-state index contributed by atoms with van der Waals surface area (Å²) in [5.41, 5.74) is 0.199. The van der Waals surface area contributed by atoms with E-state index < -0.39 is 17.7 Å². The molecule has 4 aliphatic rings. The molecule has 1 aromatic rings. The number of amides is 2. The molecule has 150 valence electrons. The Morgan fingerprint density at radius 2 is 1.96 bits per heavy atom. The van der Waals surface area contributed by atoms with Gasteiger partial charge in [0.25, 0.3) is 5.91 Å². The summed E-state index contributed by atoms with van der Waals surface area (Å²) >= 11 is 0. The van der Waals surface area contributed by atoms with Crippen LogP contribution in [0.5, 0.6) is 0 Å². The van der Waals surface area contributed by atoms with Crippen LogP contribution in [0.25, 0.3) is 0 Å². The van der Waals surface area contributed by atoms with Crippen LogP contribution < -0.4 is 0 Å². The van der Waals surface area contributed by atoms with Crippen molar-refractivity contribution < 1.29 is 14.7 Å². The van der Waals surface area contributed by atoms with Crippen molar-refractivity contribution in [3.63, 3.8) is 0 Å². The number of nitrogens with zero attached hydrogens (tertiary/aromatic N) is 4. The SMILES string of the molecule is O=C1C2CC(O)CN2C2(CN(C3CCCCC3)C2)C(=O)N1Cc1cccnc1. The van der Waals surface area contributed by atoms with Gasteiger partial charge in [0.1, 0.15) is 5.54 Å². The third kappa shape index (κ3) is 2.79. The van der Waals surface area contributed by atoms with Crippen LogP contribution >= 0.6 is 0 Å². The van der Waals surface area contributed by atoms with Gasteiger partial charge in [0.2, 0.25) is 5.91 Å². The second-order valence-electron chi connectivity index (χ2n) is 8.88. The molecule has 0 radical (unpaired) electrons. The standard InChI is InChI=1S/C21H28N4O3/c26-17-9-18-19(27)24(11-15-5-4-8-22-10-15)20(28)21(25(18)12-17)13-23(14-21)16-6-2-1-3-7-16/h4-5,8,10,16-18,26H,1-3,6-7,9,11-14H2. The van der Waals surface area contributed by atoms with E-state index in [2.05, 4.69) is 9.88 Å². The molecule has 2 atom stereocenters. The predicted molar refractivity (Wildman–Crippen MR) is 102 cm³/mol. The summed E-state index contributed by atoms with van der Waals surface area (Å²) in [5.74, 6) is -0.272. The average molecular weight is 384 g/mol. The summed E-state index contributed by atoms with van der Waals surface area (Å²) in [6, 6.07) is 3.88. The third-order valence-corrected chi connectivity index (χ3v) is 7.11. The van der Waals surface area contributed by atoms with Crippen molar-refractivity contribution >= 4 is 11.8 Å². The van der Waals surface area contributed by atoms with E-state index in [1.165, 1.54) is 37.0 Å². The van der Waals surface area contributed by atoms with Gasteiger partial charge in [-0.3, -0.25) is 29.3 Å². The van der Waals surface area contributed by atoms with E-state index in [-0.39, 0.29) is 18.4 Å². The monoisotopic (exact) mass is 384 g/mol. The topological polar surface area (TPSA) is 77.0 Å². The van der Waals surface area contributed by atoms with Crippen LogP contribution in [0.4, 0.5) is 0 Å². The Balaban J connectivity index is 1.41. The minimum atomic E-state index is -0.657. The van der Waals surface area contributed by atoms with E-state index in [0.717, 1.165) is 5.56 Å². The zero-order valence-electron chi connectivity index (χ0n) is 16.2. The predicted octanol–water partition coefficient (Wildman–Crippen LogP) is 0.773. The van der Waals surface area contributed by atoms with Crippen molar-refractivity contribution in [1.82, 2.24) is 19.7 Å². The number of imide groups is 1. The van der Waals surface area contributed by atoms with Crippen molar-refractivity contribution in [3.8, 4) is 0 Å². The van der Waals surface area contributed by atoms with Gasteiger partial charge in [-0.2, -0.15) is 0 Å². The molecule has 1 saturated carbocycles. The first-order chi connectivity index (χ1) is 13.6. The largest absolute Gasteiger partial charge is 0.392 e. The number of β-amino-alcohol motifs (C(OH)–C–C–N with tert-alkyl or cyclic N) is 1. The molecule has 1 spiro atoms. The minimum Gasteiger partial charge on any atom is -0.392 e. The zero-order chi connectivity index (χ0) is 19.3. The molecule has 2 amide bonds. The lowest BCUT2D eigenvalue weighted by Gasteiger charge is -2.60. The molecule has 28 heavy (non-hydrogen) atoms. The highest BCUT2D eigenvalue weighted by Crippen LogP contribution is 2.42. The summed E-state index contributed by atoms with van der Waals surface area (Å²) in [4.78, 5) is 36.6. The molecule has 0 bridgehead atoms. The van der Waals surface area contributed by atoms with Crippen molar-refractivity contribution in [1.29, 1.82) is 0 Å². The van der Waals surface area contributed by atoms with Gasteiger partial charge in [-0.25, -0.2) is 0 Å². The molecule has 3 saturated heterocycles. The lowest BCUT2D eigenvalue weighted by atomic mass is 9.79. The summed E-state index contributed by atoms with van der Waals surface area (Å²) in [6.07, 6.45) is 9.51.